The lowest BCUT2D eigenvalue weighted by Gasteiger charge is -2.35. The first-order valence-electron chi connectivity index (χ1n) is 8.85. The van der Waals surface area contributed by atoms with E-state index >= 15 is 0 Å². The van der Waals surface area contributed by atoms with E-state index in [-0.39, 0.29) is 12.0 Å². The van der Waals surface area contributed by atoms with Gasteiger partial charge in [-0.05, 0) is 46.0 Å². The minimum Gasteiger partial charge on any atom is -0.445 e. The van der Waals surface area contributed by atoms with Gasteiger partial charge in [0.05, 0.1) is 0 Å². The Bertz CT molecular complexity index is 676. The Hall–Kier alpha value is -2.05. The molecule has 0 aliphatic carbocycles. The average molecular weight is 349 g/mol. The Labute approximate surface area is 148 Å². The van der Waals surface area contributed by atoms with Crippen molar-refractivity contribution >= 4 is 12.0 Å². The van der Waals surface area contributed by atoms with Crippen LogP contribution >= 0.6 is 0 Å². The Balaban J connectivity index is 1.63. The van der Waals surface area contributed by atoms with E-state index in [1.54, 1.807) is 18.7 Å². The molecule has 0 spiro atoms. The SMILES string of the molecule is Cc1nc(C(=O)N2C[C@@H]3CCN(C(=O)OC(C)(C)C)C[C@H]3C2)c(C)o1. The van der Waals surface area contributed by atoms with Gasteiger partial charge in [0.1, 0.15) is 11.4 Å². The predicted octanol–water partition coefficient (Wildman–Crippen LogP) is 2.62. The molecule has 0 aromatic carbocycles. The van der Waals surface area contributed by atoms with Crippen LogP contribution in [0.3, 0.4) is 0 Å². The summed E-state index contributed by atoms with van der Waals surface area (Å²) >= 11 is 0. The smallest absolute Gasteiger partial charge is 0.410 e. The van der Waals surface area contributed by atoms with Gasteiger partial charge < -0.3 is 19.0 Å². The summed E-state index contributed by atoms with van der Waals surface area (Å²) < 4.78 is 10.9. The zero-order valence-electron chi connectivity index (χ0n) is 15.7. The van der Waals surface area contributed by atoms with Gasteiger partial charge in [-0.1, -0.05) is 0 Å². The van der Waals surface area contributed by atoms with Crippen molar-refractivity contribution in [2.24, 2.45) is 11.8 Å². The normalized spacial score (nSPS) is 23.6. The third-order valence-corrected chi connectivity index (χ3v) is 4.85. The van der Waals surface area contributed by atoms with Gasteiger partial charge in [0.2, 0.25) is 0 Å². The third kappa shape index (κ3) is 3.80. The number of ether oxygens (including phenoxy) is 1. The molecule has 2 aliphatic rings. The van der Waals surface area contributed by atoms with Gasteiger partial charge in [-0.2, -0.15) is 0 Å². The molecule has 25 heavy (non-hydrogen) atoms. The summed E-state index contributed by atoms with van der Waals surface area (Å²) in [5, 5.41) is 0. The van der Waals surface area contributed by atoms with E-state index in [0.717, 1.165) is 13.0 Å². The van der Waals surface area contributed by atoms with Crippen LogP contribution in [0.5, 0.6) is 0 Å². The molecule has 7 nitrogen and oxygen atoms in total. The lowest BCUT2D eigenvalue weighted by atomic mass is 9.89. The molecule has 0 bridgehead atoms. The molecule has 138 valence electrons. The molecule has 2 aliphatic heterocycles. The van der Waals surface area contributed by atoms with Crippen LogP contribution in [0.4, 0.5) is 4.79 Å². The van der Waals surface area contributed by atoms with E-state index in [1.165, 1.54) is 0 Å². The number of aromatic nitrogens is 1. The Morgan fingerprint density at radius 2 is 1.76 bits per heavy atom. The molecule has 2 amide bonds. The Kier molecular flexibility index (Phi) is 4.51. The molecule has 1 aromatic rings. The zero-order chi connectivity index (χ0) is 18.4. The van der Waals surface area contributed by atoms with E-state index in [4.69, 9.17) is 9.15 Å². The number of fused-ring (bicyclic) bond motifs is 1. The number of carbonyl (C=O) groups is 2. The van der Waals surface area contributed by atoms with Gasteiger partial charge in [-0.25, -0.2) is 9.78 Å². The fourth-order valence-electron chi connectivity index (χ4n) is 3.70. The summed E-state index contributed by atoms with van der Waals surface area (Å²) in [5.74, 6) is 1.71. The van der Waals surface area contributed by atoms with Crippen molar-refractivity contribution in [2.75, 3.05) is 26.2 Å². The van der Waals surface area contributed by atoms with Crippen molar-refractivity contribution in [3.05, 3.63) is 17.3 Å². The van der Waals surface area contributed by atoms with Gasteiger partial charge in [-0.15, -0.1) is 0 Å². The quantitative estimate of drug-likeness (QED) is 0.779. The fourth-order valence-corrected chi connectivity index (χ4v) is 3.70. The highest BCUT2D eigenvalue weighted by molar-refractivity contribution is 5.93. The summed E-state index contributed by atoms with van der Waals surface area (Å²) in [5.41, 5.74) is -0.0892. The number of carbonyl (C=O) groups excluding carboxylic acids is 2. The van der Waals surface area contributed by atoms with Gasteiger partial charge in [0.25, 0.3) is 5.91 Å². The standard InChI is InChI=1S/C18H27N3O4/c1-11-15(19-12(2)24-11)16(22)21-8-13-6-7-20(9-14(13)10-21)17(23)25-18(3,4)5/h13-14H,6-10H2,1-5H3/t13-,14-/m0/s1. The van der Waals surface area contributed by atoms with Gasteiger partial charge in [-0.3, -0.25) is 4.79 Å². The van der Waals surface area contributed by atoms with Crippen LogP contribution in [0.1, 0.15) is 49.3 Å². The number of nitrogens with zero attached hydrogens (tertiary/aromatic N) is 3. The van der Waals surface area contributed by atoms with Crippen LogP contribution in [0.2, 0.25) is 0 Å². The van der Waals surface area contributed by atoms with E-state index < -0.39 is 5.60 Å². The molecule has 2 saturated heterocycles. The molecular weight excluding hydrogens is 322 g/mol. The Morgan fingerprint density at radius 3 is 2.36 bits per heavy atom. The number of oxazole rings is 1. The second kappa shape index (κ2) is 6.35. The number of rotatable bonds is 1. The summed E-state index contributed by atoms with van der Waals surface area (Å²) in [6.07, 6.45) is 0.628. The van der Waals surface area contributed by atoms with Crippen LogP contribution in [0.15, 0.2) is 4.42 Å². The topological polar surface area (TPSA) is 75.9 Å². The molecule has 0 N–H and O–H groups in total. The third-order valence-electron chi connectivity index (χ3n) is 4.85. The lowest BCUT2D eigenvalue weighted by molar-refractivity contribution is 0.0139. The number of hydrogen-bond donors (Lipinski definition) is 0. The maximum Gasteiger partial charge on any atom is 0.410 e. The highest BCUT2D eigenvalue weighted by Crippen LogP contribution is 2.32. The van der Waals surface area contributed by atoms with E-state index in [1.807, 2.05) is 25.7 Å². The van der Waals surface area contributed by atoms with E-state index in [0.29, 0.717) is 48.8 Å². The fraction of sp³-hybridized carbons (Fsp3) is 0.722. The maximum absolute atomic E-state index is 12.7. The average Bonchev–Trinajstić information content (AvgIpc) is 3.06. The maximum atomic E-state index is 12.7. The highest BCUT2D eigenvalue weighted by atomic mass is 16.6. The number of amides is 2. The predicted molar refractivity (Wildman–Crippen MR) is 91.3 cm³/mol. The van der Waals surface area contributed by atoms with Crippen molar-refractivity contribution in [2.45, 2.75) is 46.6 Å². The van der Waals surface area contributed by atoms with E-state index in [9.17, 15) is 9.59 Å². The van der Waals surface area contributed by atoms with Crippen LogP contribution in [-0.4, -0.2) is 58.6 Å². The highest BCUT2D eigenvalue weighted by Gasteiger charge is 2.41. The lowest BCUT2D eigenvalue weighted by Crippen LogP contribution is -2.45. The van der Waals surface area contributed by atoms with Crippen LogP contribution in [0, 0.1) is 25.7 Å². The summed E-state index contributed by atoms with van der Waals surface area (Å²) in [6, 6.07) is 0. The molecule has 3 rings (SSSR count). The number of piperidine rings is 1. The molecule has 0 radical (unpaired) electrons. The molecule has 1 aromatic heterocycles. The minimum atomic E-state index is -0.492. The Morgan fingerprint density at radius 1 is 1.12 bits per heavy atom. The first-order chi connectivity index (χ1) is 11.6. The van der Waals surface area contributed by atoms with Crippen molar-refractivity contribution in [1.82, 2.24) is 14.8 Å². The monoisotopic (exact) mass is 349 g/mol. The van der Waals surface area contributed by atoms with Crippen LogP contribution in [-0.2, 0) is 4.74 Å². The molecule has 7 heteroatoms. The number of likely N-dealkylation sites (tertiary alicyclic amines) is 2. The summed E-state index contributed by atoms with van der Waals surface area (Å²) in [6.45, 7) is 11.8. The molecule has 0 saturated carbocycles. The second-order valence-corrected chi connectivity index (χ2v) is 8.08. The first-order valence-corrected chi connectivity index (χ1v) is 8.85. The van der Waals surface area contributed by atoms with Crippen molar-refractivity contribution < 1.29 is 18.7 Å². The van der Waals surface area contributed by atoms with Gasteiger partial charge >= 0.3 is 6.09 Å². The summed E-state index contributed by atoms with van der Waals surface area (Å²) in [7, 11) is 0. The molecule has 0 unspecified atom stereocenters. The van der Waals surface area contributed by atoms with Gasteiger partial charge in [0, 0.05) is 33.1 Å². The molecule has 2 atom stereocenters. The number of aryl methyl sites for hydroxylation is 2. The summed E-state index contributed by atoms with van der Waals surface area (Å²) in [4.78, 5) is 32.8. The first kappa shape index (κ1) is 17.8. The zero-order valence-corrected chi connectivity index (χ0v) is 15.7. The molecular formula is C18H27N3O4. The van der Waals surface area contributed by atoms with Crippen molar-refractivity contribution in [3.63, 3.8) is 0 Å². The van der Waals surface area contributed by atoms with Crippen molar-refractivity contribution in [1.29, 1.82) is 0 Å². The van der Waals surface area contributed by atoms with E-state index in [2.05, 4.69) is 4.98 Å². The largest absolute Gasteiger partial charge is 0.445 e. The number of hydrogen-bond acceptors (Lipinski definition) is 5. The molecule has 3 heterocycles. The van der Waals surface area contributed by atoms with Crippen LogP contribution in [0.25, 0.3) is 0 Å². The van der Waals surface area contributed by atoms with Gasteiger partial charge in [0.15, 0.2) is 11.6 Å². The van der Waals surface area contributed by atoms with Crippen LogP contribution < -0.4 is 0 Å². The second-order valence-electron chi connectivity index (χ2n) is 8.08. The van der Waals surface area contributed by atoms with Crippen molar-refractivity contribution in [3.8, 4) is 0 Å². The minimum absolute atomic E-state index is 0.0763. The molecule has 2 fully saturated rings.